The van der Waals surface area contributed by atoms with Crippen LogP contribution in [0.1, 0.15) is 100 Å². The number of halogens is 1. The maximum Gasteiger partial charge on any atom is 0.230 e. The molecule has 1 aromatic heterocycles. The predicted molar refractivity (Wildman–Crippen MR) is 181 cm³/mol. The zero-order valence-corrected chi connectivity index (χ0v) is 28.9. The van der Waals surface area contributed by atoms with E-state index in [1.165, 1.54) is 18.5 Å². The van der Waals surface area contributed by atoms with Gasteiger partial charge in [-0.25, -0.2) is 4.98 Å². The first-order valence-corrected chi connectivity index (χ1v) is 18.0. The first-order valence-electron chi connectivity index (χ1n) is 17.6. The number of likely N-dealkylation sites (tertiary alicyclic amines) is 1. The van der Waals surface area contributed by atoms with Crippen LogP contribution in [0.4, 0.5) is 5.69 Å². The number of carbonyl (C=O) groups is 3. The van der Waals surface area contributed by atoms with Gasteiger partial charge < -0.3 is 19.3 Å². The van der Waals surface area contributed by atoms with Crippen molar-refractivity contribution >= 4 is 35.0 Å². The van der Waals surface area contributed by atoms with Crippen molar-refractivity contribution in [1.82, 2.24) is 24.3 Å². The third-order valence-electron chi connectivity index (χ3n) is 11.1. The summed E-state index contributed by atoms with van der Waals surface area (Å²) in [5.74, 6) is 1.49. The largest absolute Gasteiger partial charge is 0.343 e. The second-order valence-corrected chi connectivity index (χ2v) is 14.5. The zero-order chi connectivity index (χ0) is 32.5. The Labute approximate surface area is 279 Å². The van der Waals surface area contributed by atoms with E-state index in [9.17, 15) is 14.4 Å². The quantitative estimate of drug-likeness (QED) is 0.349. The summed E-state index contributed by atoms with van der Waals surface area (Å²) < 4.78 is 2.53. The molecule has 1 aromatic carbocycles. The summed E-state index contributed by atoms with van der Waals surface area (Å²) in [5.41, 5.74) is 4.31. The third-order valence-corrected chi connectivity index (χ3v) is 11.5. The van der Waals surface area contributed by atoms with Crippen LogP contribution in [0, 0.1) is 19.8 Å². The van der Waals surface area contributed by atoms with Gasteiger partial charge in [-0.05, 0) is 82.9 Å². The van der Waals surface area contributed by atoms with Crippen molar-refractivity contribution in [3.05, 3.63) is 46.0 Å². The molecule has 5 heterocycles. The number of aryl methyl sites for hydroxylation is 2. The van der Waals surface area contributed by atoms with Crippen molar-refractivity contribution in [2.24, 2.45) is 5.92 Å². The molecule has 3 saturated heterocycles. The molecule has 3 amide bonds. The highest BCUT2D eigenvalue weighted by Crippen LogP contribution is 2.42. The standard InChI is InChI=1S/C36H51ClN6O3/c1-5-7-35(45)40-19-14-34-33(23-40)38-25(3)43(34)31-20-28-10-11-29(21-31)41(28)15-6-16-42(30-9-8-24(2)32(37)22-30)36(46)27-12-17-39(18-13-27)26(4)44/h8-9,22,27-29,31H,5-7,10-21,23H2,1-4H3. The van der Waals surface area contributed by atoms with Gasteiger partial charge >= 0.3 is 0 Å². The molecular formula is C36H51ClN6O3. The first kappa shape index (κ1) is 33.0. The van der Waals surface area contributed by atoms with E-state index < -0.39 is 0 Å². The average Bonchev–Trinajstić information content (AvgIpc) is 3.49. The van der Waals surface area contributed by atoms with Crippen LogP contribution in [0.5, 0.6) is 0 Å². The fourth-order valence-electron chi connectivity index (χ4n) is 8.62. The van der Waals surface area contributed by atoms with Crippen molar-refractivity contribution in [2.75, 3.05) is 37.6 Å². The van der Waals surface area contributed by atoms with E-state index >= 15 is 0 Å². The van der Waals surface area contributed by atoms with E-state index in [4.69, 9.17) is 16.6 Å². The van der Waals surface area contributed by atoms with Crippen molar-refractivity contribution in [1.29, 1.82) is 0 Å². The minimum Gasteiger partial charge on any atom is -0.343 e. The van der Waals surface area contributed by atoms with E-state index in [1.807, 2.05) is 39.8 Å². The van der Waals surface area contributed by atoms with Crippen LogP contribution < -0.4 is 4.90 Å². The summed E-state index contributed by atoms with van der Waals surface area (Å²) in [6.07, 6.45) is 9.41. The average molecular weight is 651 g/mol. The molecule has 2 atom stereocenters. The summed E-state index contributed by atoms with van der Waals surface area (Å²) in [4.78, 5) is 51.9. The second-order valence-electron chi connectivity index (χ2n) is 14.0. The molecule has 0 saturated carbocycles. The first-order chi connectivity index (χ1) is 22.1. The number of anilines is 1. The summed E-state index contributed by atoms with van der Waals surface area (Å²) in [5, 5.41) is 0.680. The Morgan fingerprint density at radius 1 is 0.978 bits per heavy atom. The van der Waals surface area contributed by atoms with E-state index in [2.05, 4.69) is 23.3 Å². The van der Waals surface area contributed by atoms with Crippen molar-refractivity contribution < 1.29 is 14.4 Å². The van der Waals surface area contributed by atoms with Gasteiger partial charge in [0.2, 0.25) is 17.7 Å². The van der Waals surface area contributed by atoms with E-state index in [0.29, 0.717) is 68.6 Å². The molecule has 0 spiro atoms. The summed E-state index contributed by atoms with van der Waals surface area (Å²) in [7, 11) is 0. The van der Waals surface area contributed by atoms with E-state index in [1.54, 1.807) is 6.92 Å². The van der Waals surface area contributed by atoms with E-state index in [0.717, 1.165) is 68.0 Å². The lowest BCUT2D eigenvalue weighted by Gasteiger charge is -2.41. The fourth-order valence-corrected chi connectivity index (χ4v) is 8.80. The van der Waals surface area contributed by atoms with Crippen LogP contribution in [-0.4, -0.2) is 86.8 Å². The number of piperidine rings is 2. The van der Waals surface area contributed by atoms with Gasteiger partial charge in [0.1, 0.15) is 5.82 Å². The molecule has 9 nitrogen and oxygen atoms in total. The third kappa shape index (κ3) is 6.73. The van der Waals surface area contributed by atoms with Crippen molar-refractivity contribution in [3.8, 4) is 0 Å². The molecule has 4 aliphatic heterocycles. The topological polar surface area (TPSA) is 82.0 Å². The monoisotopic (exact) mass is 650 g/mol. The number of amides is 3. The highest BCUT2D eigenvalue weighted by molar-refractivity contribution is 6.31. The normalized spacial score (nSPS) is 23.5. The number of benzene rings is 1. The lowest BCUT2D eigenvalue weighted by Crippen LogP contribution is -2.46. The molecular weight excluding hydrogens is 600 g/mol. The molecule has 6 rings (SSSR count). The highest BCUT2D eigenvalue weighted by atomic mass is 35.5. The Balaban J connectivity index is 1.10. The lowest BCUT2D eigenvalue weighted by atomic mass is 9.94. The Bertz CT molecular complexity index is 1440. The maximum absolute atomic E-state index is 13.9. The zero-order valence-electron chi connectivity index (χ0n) is 28.1. The number of hydrogen-bond acceptors (Lipinski definition) is 5. The number of nitrogens with zero attached hydrogens (tertiary/aromatic N) is 6. The molecule has 250 valence electrons. The van der Waals surface area contributed by atoms with Crippen LogP contribution in [0.3, 0.4) is 0 Å². The van der Waals surface area contributed by atoms with Gasteiger partial charge in [-0.15, -0.1) is 0 Å². The molecule has 2 aromatic rings. The molecule has 4 aliphatic rings. The smallest absolute Gasteiger partial charge is 0.230 e. The highest BCUT2D eigenvalue weighted by Gasteiger charge is 2.42. The molecule has 3 fully saturated rings. The van der Waals surface area contributed by atoms with Crippen LogP contribution in [0.2, 0.25) is 5.02 Å². The Hall–Kier alpha value is -2.91. The summed E-state index contributed by atoms with van der Waals surface area (Å²) in [6.45, 7) is 12.1. The summed E-state index contributed by atoms with van der Waals surface area (Å²) in [6, 6.07) is 7.49. The number of aromatic nitrogens is 2. The number of hydrogen-bond donors (Lipinski definition) is 0. The van der Waals surface area contributed by atoms with Gasteiger partial charge in [0.05, 0.1) is 12.2 Å². The minimum atomic E-state index is -0.0798. The second kappa shape index (κ2) is 14.1. The number of carbonyl (C=O) groups excluding carboxylic acids is 3. The van der Waals surface area contributed by atoms with Crippen LogP contribution in [0.25, 0.3) is 0 Å². The SMILES string of the molecule is CCCC(=O)N1CCc2c(nc(C)n2C2CC3CCC(C2)N3CCCN(C(=O)C2CCN(C(C)=O)CC2)c2ccc(C)c(Cl)c2)C1. The summed E-state index contributed by atoms with van der Waals surface area (Å²) >= 11 is 6.54. The van der Waals surface area contributed by atoms with Crippen LogP contribution in [0.15, 0.2) is 18.2 Å². The Morgan fingerprint density at radius 2 is 1.70 bits per heavy atom. The van der Waals surface area contributed by atoms with Gasteiger partial charge in [-0.3, -0.25) is 19.3 Å². The Kier molecular flexibility index (Phi) is 10.1. The molecule has 2 bridgehead atoms. The number of imidazole rings is 1. The van der Waals surface area contributed by atoms with Gasteiger partial charge in [-0.1, -0.05) is 24.6 Å². The van der Waals surface area contributed by atoms with Gasteiger partial charge in [0.15, 0.2) is 0 Å². The molecule has 0 N–H and O–H groups in total. The van der Waals surface area contributed by atoms with Crippen LogP contribution >= 0.6 is 11.6 Å². The van der Waals surface area contributed by atoms with Gasteiger partial charge in [0.25, 0.3) is 0 Å². The molecule has 46 heavy (non-hydrogen) atoms. The van der Waals surface area contributed by atoms with Gasteiger partial charge in [-0.2, -0.15) is 0 Å². The Morgan fingerprint density at radius 3 is 2.35 bits per heavy atom. The predicted octanol–water partition coefficient (Wildman–Crippen LogP) is 5.69. The van der Waals surface area contributed by atoms with Crippen molar-refractivity contribution in [2.45, 2.75) is 117 Å². The molecule has 0 radical (unpaired) electrons. The van der Waals surface area contributed by atoms with Crippen molar-refractivity contribution in [3.63, 3.8) is 0 Å². The number of fused-ring (bicyclic) bond motifs is 3. The molecule has 0 aliphatic carbocycles. The van der Waals surface area contributed by atoms with E-state index in [-0.39, 0.29) is 23.6 Å². The minimum absolute atomic E-state index is 0.0798. The number of rotatable bonds is 9. The maximum atomic E-state index is 13.9. The van der Waals surface area contributed by atoms with Crippen LogP contribution in [-0.2, 0) is 27.3 Å². The molecule has 2 unspecified atom stereocenters. The van der Waals surface area contributed by atoms with Gasteiger partial charge in [0, 0.05) is 92.9 Å². The fraction of sp³-hybridized carbons (Fsp3) is 0.667. The lowest BCUT2D eigenvalue weighted by molar-refractivity contribution is -0.133. The molecule has 10 heteroatoms.